The summed E-state index contributed by atoms with van der Waals surface area (Å²) in [4.78, 5) is 47.0. The van der Waals surface area contributed by atoms with Crippen LogP contribution in [0.2, 0.25) is 0 Å². The predicted octanol–water partition coefficient (Wildman–Crippen LogP) is 3.93. The number of nitrogens with one attached hydrogen (secondary N) is 2. The molecule has 2 amide bonds. The summed E-state index contributed by atoms with van der Waals surface area (Å²) < 4.78 is 28.4. The van der Waals surface area contributed by atoms with Gasteiger partial charge in [0.25, 0.3) is 5.56 Å². The van der Waals surface area contributed by atoms with Crippen molar-refractivity contribution in [3.63, 3.8) is 0 Å². The third-order valence-electron chi connectivity index (χ3n) is 8.74. The van der Waals surface area contributed by atoms with Gasteiger partial charge >= 0.3 is 0 Å². The molecule has 0 radical (unpaired) electrons. The van der Waals surface area contributed by atoms with Crippen LogP contribution in [0.3, 0.4) is 0 Å². The van der Waals surface area contributed by atoms with Crippen molar-refractivity contribution < 1.29 is 23.5 Å². The van der Waals surface area contributed by atoms with E-state index in [9.17, 15) is 19.6 Å². The largest absolute Gasteiger partial charge is 0.488 e. The molecule has 0 spiro atoms. The van der Waals surface area contributed by atoms with Gasteiger partial charge in [-0.05, 0) is 54.4 Å². The highest BCUT2D eigenvalue weighted by molar-refractivity contribution is 6.01. The summed E-state index contributed by atoms with van der Waals surface area (Å²) in [7, 11) is 0. The van der Waals surface area contributed by atoms with Gasteiger partial charge in [-0.1, -0.05) is 30.3 Å². The van der Waals surface area contributed by atoms with Gasteiger partial charge in [0.05, 0.1) is 48.6 Å². The Morgan fingerprint density at radius 3 is 2.63 bits per heavy atom. The molecular formula is C38H33FN8O5. The van der Waals surface area contributed by atoms with E-state index in [2.05, 4.69) is 31.8 Å². The van der Waals surface area contributed by atoms with Crippen LogP contribution in [0.4, 0.5) is 15.8 Å². The molecule has 0 bridgehead atoms. The zero-order chi connectivity index (χ0) is 36.0. The summed E-state index contributed by atoms with van der Waals surface area (Å²) in [5.74, 6) is -0.243. The number of morpholine rings is 1. The number of hydrogen-bond acceptors (Lipinski definition) is 11. The Balaban J connectivity index is 0.948. The SMILES string of the molecule is N#Cc1cccc(-c2ccc(=O)n(Cc3cccc(-c4ncc(OC[C@H]5CN(c6ccc(NC7CCC(=O)NC7=O)cc6F)CCO5)cn4)c3)n2)c1. The van der Waals surface area contributed by atoms with Crippen molar-refractivity contribution in [1.29, 1.82) is 5.26 Å². The summed E-state index contributed by atoms with van der Waals surface area (Å²) in [5, 5.41) is 19.1. The lowest BCUT2D eigenvalue weighted by Crippen LogP contribution is -2.47. The number of carbonyl (C=O) groups is 2. The van der Waals surface area contributed by atoms with E-state index in [0.29, 0.717) is 60.3 Å². The first-order chi connectivity index (χ1) is 25.3. The van der Waals surface area contributed by atoms with E-state index >= 15 is 4.39 Å². The molecule has 14 heteroatoms. The number of nitriles is 1. The van der Waals surface area contributed by atoms with Gasteiger partial charge in [-0.3, -0.25) is 19.7 Å². The molecule has 4 heterocycles. The molecular weight excluding hydrogens is 667 g/mol. The average molecular weight is 701 g/mol. The number of rotatable bonds is 10. The molecule has 0 saturated carbocycles. The number of hydrogen-bond donors (Lipinski definition) is 2. The molecule has 2 atom stereocenters. The van der Waals surface area contributed by atoms with Gasteiger partial charge in [0, 0.05) is 42.4 Å². The zero-order valence-corrected chi connectivity index (χ0v) is 27.9. The summed E-state index contributed by atoms with van der Waals surface area (Å²) in [5.41, 5.74) is 4.03. The Hall–Kier alpha value is -6.46. The lowest BCUT2D eigenvalue weighted by atomic mass is 10.1. The van der Waals surface area contributed by atoms with Crippen molar-refractivity contribution in [3.8, 4) is 34.5 Å². The van der Waals surface area contributed by atoms with Crippen LogP contribution >= 0.6 is 0 Å². The van der Waals surface area contributed by atoms with Crippen molar-refractivity contribution in [2.75, 3.05) is 36.5 Å². The monoisotopic (exact) mass is 700 g/mol. The first-order valence-electron chi connectivity index (χ1n) is 16.7. The Bertz CT molecular complexity index is 2220. The molecule has 5 aromatic rings. The standard InChI is InChI=1S/C38H33FN8O5/c39-31-17-28(43-33-8-11-35(48)44-38(33)50)7-10-34(31)46-13-14-51-30(22-46)23-52-29-19-41-37(42-20-29)27-6-2-4-25(16-27)21-47-36(49)12-9-32(45-47)26-5-1-3-24(15-26)18-40/h1-7,9-10,12,15-17,19-20,30,33,43H,8,11,13-14,21-23H2,(H,44,48,50)/t30-,33?/m1/s1. The Morgan fingerprint density at radius 2 is 1.83 bits per heavy atom. The van der Waals surface area contributed by atoms with Gasteiger partial charge in [0.15, 0.2) is 11.6 Å². The number of imide groups is 1. The van der Waals surface area contributed by atoms with E-state index in [1.807, 2.05) is 35.2 Å². The van der Waals surface area contributed by atoms with E-state index in [1.165, 1.54) is 16.8 Å². The summed E-state index contributed by atoms with van der Waals surface area (Å²) in [6.45, 7) is 1.71. The lowest BCUT2D eigenvalue weighted by molar-refractivity contribution is -0.133. The molecule has 2 aliphatic rings. The number of carbonyl (C=O) groups excluding carboxylic acids is 2. The number of benzene rings is 3. The second-order valence-electron chi connectivity index (χ2n) is 12.4. The van der Waals surface area contributed by atoms with Crippen molar-refractivity contribution in [2.24, 2.45) is 0 Å². The minimum absolute atomic E-state index is 0.201. The molecule has 7 rings (SSSR count). The van der Waals surface area contributed by atoms with E-state index in [1.54, 1.807) is 48.8 Å². The Kier molecular flexibility index (Phi) is 9.94. The molecule has 2 aromatic heterocycles. The van der Waals surface area contributed by atoms with Gasteiger partial charge < -0.3 is 19.7 Å². The van der Waals surface area contributed by atoms with E-state index in [-0.39, 0.29) is 37.1 Å². The minimum atomic E-state index is -0.600. The van der Waals surface area contributed by atoms with Crippen LogP contribution < -0.4 is 25.8 Å². The highest BCUT2D eigenvalue weighted by Gasteiger charge is 2.27. The molecule has 1 unspecified atom stereocenters. The summed E-state index contributed by atoms with van der Waals surface area (Å²) in [6.07, 6.45) is 3.40. The minimum Gasteiger partial charge on any atom is -0.488 e. The Labute approximate surface area is 297 Å². The molecule has 3 aromatic carbocycles. The molecule has 2 N–H and O–H groups in total. The van der Waals surface area contributed by atoms with Crippen LogP contribution in [-0.2, 0) is 20.9 Å². The van der Waals surface area contributed by atoms with Crippen molar-refractivity contribution in [2.45, 2.75) is 31.5 Å². The summed E-state index contributed by atoms with van der Waals surface area (Å²) >= 11 is 0. The highest BCUT2D eigenvalue weighted by atomic mass is 19.1. The topological polar surface area (TPSA) is 164 Å². The second-order valence-corrected chi connectivity index (χ2v) is 12.4. The fraction of sp³-hybridized carbons (Fsp3) is 0.237. The third kappa shape index (κ3) is 7.95. The lowest BCUT2D eigenvalue weighted by Gasteiger charge is -2.34. The number of anilines is 2. The van der Waals surface area contributed by atoms with Crippen LogP contribution in [0.1, 0.15) is 24.0 Å². The van der Waals surface area contributed by atoms with E-state index < -0.39 is 17.8 Å². The number of piperidine rings is 1. The Morgan fingerprint density at radius 1 is 1.00 bits per heavy atom. The highest BCUT2D eigenvalue weighted by Crippen LogP contribution is 2.26. The molecule has 52 heavy (non-hydrogen) atoms. The maximum atomic E-state index is 15.2. The van der Waals surface area contributed by atoms with Crippen LogP contribution in [0.25, 0.3) is 22.6 Å². The van der Waals surface area contributed by atoms with Gasteiger partial charge in [-0.25, -0.2) is 19.0 Å². The quantitative estimate of drug-likeness (QED) is 0.203. The maximum Gasteiger partial charge on any atom is 0.267 e. The maximum absolute atomic E-state index is 15.2. The molecule has 262 valence electrons. The van der Waals surface area contributed by atoms with Gasteiger partial charge in [0.2, 0.25) is 11.8 Å². The summed E-state index contributed by atoms with van der Waals surface area (Å²) in [6, 6.07) is 23.9. The van der Waals surface area contributed by atoms with Crippen LogP contribution in [0.15, 0.2) is 96.1 Å². The first kappa shape index (κ1) is 34.0. The second kappa shape index (κ2) is 15.2. The van der Waals surface area contributed by atoms with E-state index in [0.717, 1.165) is 16.7 Å². The fourth-order valence-corrected chi connectivity index (χ4v) is 6.10. The number of aromatic nitrogens is 4. The molecule has 2 fully saturated rings. The number of ether oxygens (including phenoxy) is 2. The van der Waals surface area contributed by atoms with Gasteiger partial charge in [0.1, 0.15) is 24.6 Å². The predicted molar refractivity (Wildman–Crippen MR) is 189 cm³/mol. The number of halogens is 1. The van der Waals surface area contributed by atoms with Crippen molar-refractivity contribution in [1.82, 2.24) is 25.1 Å². The zero-order valence-electron chi connectivity index (χ0n) is 27.9. The van der Waals surface area contributed by atoms with Crippen molar-refractivity contribution >= 4 is 23.2 Å². The van der Waals surface area contributed by atoms with Crippen LogP contribution in [0.5, 0.6) is 5.75 Å². The number of nitrogens with zero attached hydrogens (tertiary/aromatic N) is 6. The molecule has 2 saturated heterocycles. The normalized spacial score (nSPS) is 17.3. The van der Waals surface area contributed by atoms with Crippen LogP contribution in [-0.4, -0.2) is 70.0 Å². The van der Waals surface area contributed by atoms with Crippen LogP contribution in [0, 0.1) is 17.1 Å². The molecule has 0 aliphatic carbocycles. The molecule has 13 nitrogen and oxygen atoms in total. The van der Waals surface area contributed by atoms with Crippen molar-refractivity contribution in [3.05, 3.63) is 119 Å². The smallest absolute Gasteiger partial charge is 0.267 e. The van der Waals surface area contributed by atoms with Gasteiger partial charge in [-0.15, -0.1) is 0 Å². The molecule has 2 aliphatic heterocycles. The van der Waals surface area contributed by atoms with E-state index in [4.69, 9.17) is 9.47 Å². The average Bonchev–Trinajstić information content (AvgIpc) is 3.16. The van der Waals surface area contributed by atoms with Gasteiger partial charge in [-0.2, -0.15) is 10.4 Å². The fourth-order valence-electron chi connectivity index (χ4n) is 6.10. The third-order valence-corrected chi connectivity index (χ3v) is 8.74. The first-order valence-corrected chi connectivity index (χ1v) is 16.7. The number of amides is 2.